The van der Waals surface area contributed by atoms with Gasteiger partial charge in [-0.15, -0.1) is 0 Å². The molecule has 2 aromatic carbocycles. The van der Waals surface area contributed by atoms with Crippen LogP contribution in [0.4, 0.5) is 0 Å². The molecular formula is C17H20O5S. The van der Waals surface area contributed by atoms with E-state index in [1.165, 1.54) is 24.3 Å². The summed E-state index contributed by atoms with van der Waals surface area (Å²) in [5.41, 5.74) is 0.806. The molecule has 0 aliphatic heterocycles. The predicted octanol–water partition coefficient (Wildman–Crippen LogP) is 3.36. The Morgan fingerprint density at radius 3 is 2.26 bits per heavy atom. The van der Waals surface area contributed by atoms with Crippen LogP contribution in [0, 0.1) is 0 Å². The van der Waals surface area contributed by atoms with Crippen LogP contribution in [-0.4, -0.2) is 26.1 Å². The third-order valence-corrected chi connectivity index (χ3v) is 4.45. The van der Waals surface area contributed by atoms with Crippen LogP contribution >= 0.6 is 0 Å². The molecule has 0 fully saturated rings. The van der Waals surface area contributed by atoms with Crippen molar-refractivity contribution < 1.29 is 22.5 Å². The lowest BCUT2D eigenvalue weighted by Crippen LogP contribution is -2.13. The van der Waals surface area contributed by atoms with Crippen molar-refractivity contribution in [2.45, 2.75) is 25.2 Å². The van der Waals surface area contributed by atoms with E-state index in [0.29, 0.717) is 12.8 Å². The third-order valence-electron chi connectivity index (χ3n) is 3.08. The first-order valence-corrected chi connectivity index (χ1v) is 8.17. The van der Waals surface area contributed by atoms with E-state index in [1.54, 1.807) is 0 Å². The van der Waals surface area contributed by atoms with Crippen molar-refractivity contribution in [3.05, 3.63) is 65.7 Å². The average Bonchev–Trinajstić information content (AvgIpc) is 2.52. The van der Waals surface area contributed by atoms with Crippen LogP contribution in [0.1, 0.15) is 29.8 Å². The molecule has 5 nitrogen and oxygen atoms in total. The van der Waals surface area contributed by atoms with Gasteiger partial charge in [0.1, 0.15) is 4.90 Å². The summed E-state index contributed by atoms with van der Waals surface area (Å²) in [6.07, 6.45) is 1.22. The first-order valence-electron chi connectivity index (χ1n) is 6.76. The molecule has 0 heterocycles. The molecule has 2 rings (SSSR count). The zero-order valence-electron chi connectivity index (χ0n) is 11.8. The van der Waals surface area contributed by atoms with Crippen molar-refractivity contribution in [3.63, 3.8) is 0 Å². The lowest BCUT2D eigenvalue weighted by atomic mass is 10.1. The van der Waals surface area contributed by atoms with E-state index in [9.17, 15) is 13.2 Å². The van der Waals surface area contributed by atoms with Gasteiger partial charge >= 0.3 is 5.97 Å². The van der Waals surface area contributed by atoms with Crippen LogP contribution in [0.15, 0.2) is 59.5 Å². The van der Waals surface area contributed by atoms with Crippen LogP contribution in [0.2, 0.25) is 0 Å². The first-order chi connectivity index (χ1) is 10.5. The van der Waals surface area contributed by atoms with E-state index in [0.717, 1.165) is 5.56 Å². The van der Waals surface area contributed by atoms with Gasteiger partial charge in [0.15, 0.2) is 0 Å². The fourth-order valence-electron chi connectivity index (χ4n) is 2.01. The lowest BCUT2D eigenvalue weighted by molar-refractivity contribution is 0.0692. The number of carboxylic acid groups (broad SMARTS) is 1. The van der Waals surface area contributed by atoms with Gasteiger partial charge in [0, 0.05) is 0 Å². The Hall–Kier alpha value is -2.18. The SMILES string of the molecule is C.O=C(O)c1ccccc1S(=O)(=O)OCCCc1ccccc1. The van der Waals surface area contributed by atoms with Crippen LogP contribution in [0.5, 0.6) is 0 Å². The number of hydrogen-bond donors (Lipinski definition) is 1. The van der Waals surface area contributed by atoms with Gasteiger partial charge in [-0.05, 0) is 30.5 Å². The van der Waals surface area contributed by atoms with Crippen LogP contribution in [0.3, 0.4) is 0 Å². The number of hydrogen-bond acceptors (Lipinski definition) is 4. The van der Waals surface area contributed by atoms with Crippen LogP contribution in [-0.2, 0) is 20.7 Å². The van der Waals surface area contributed by atoms with Crippen molar-refractivity contribution in [1.29, 1.82) is 0 Å². The van der Waals surface area contributed by atoms with Gasteiger partial charge in [-0.3, -0.25) is 4.18 Å². The summed E-state index contributed by atoms with van der Waals surface area (Å²) in [7, 11) is -4.07. The zero-order valence-corrected chi connectivity index (χ0v) is 12.6. The van der Waals surface area contributed by atoms with Gasteiger partial charge in [-0.2, -0.15) is 8.42 Å². The van der Waals surface area contributed by atoms with E-state index < -0.39 is 16.1 Å². The Balaban J connectivity index is 0.00000264. The maximum atomic E-state index is 12.1. The van der Waals surface area contributed by atoms with Gasteiger partial charge in [-0.25, -0.2) is 4.79 Å². The summed E-state index contributed by atoms with van der Waals surface area (Å²) < 4.78 is 29.1. The molecule has 0 aliphatic rings. The van der Waals surface area contributed by atoms with Crippen molar-refractivity contribution in [2.24, 2.45) is 0 Å². The van der Waals surface area contributed by atoms with Gasteiger partial charge in [0.2, 0.25) is 0 Å². The molecule has 0 saturated carbocycles. The molecule has 0 atom stereocenters. The van der Waals surface area contributed by atoms with Gasteiger partial charge in [0.25, 0.3) is 10.1 Å². The van der Waals surface area contributed by atoms with Crippen molar-refractivity contribution >= 4 is 16.1 Å². The van der Waals surface area contributed by atoms with E-state index in [2.05, 4.69) is 0 Å². The van der Waals surface area contributed by atoms with Gasteiger partial charge < -0.3 is 5.11 Å². The predicted molar refractivity (Wildman–Crippen MR) is 88.0 cm³/mol. The first kappa shape index (κ1) is 18.9. The second kappa shape index (κ2) is 8.45. The lowest BCUT2D eigenvalue weighted by Gasteiger charge is -2.08. The van der Waals surface area contributed by atoms with Crippen molar-refractivity contribution in [2.75, 3.05) is 6.61 Å². The smallest absolute Gasteiger partial charge is 0.337 e. The number of carboxylic acids is 1. The minimum atomic E-state index is -4.07. The number of aryl methyl sites for hydroxylation is 1. The summed E-state index contributed by atoms with van der Waals surface area (Å²) >= 11 is 0. The fourth-order valence-corrected chi connectivity index (χ4v) is 3.15. The quantitative estimate of drug-likeness (QED) is 0.619. The minimum Gasteiger partial charge on any atom is -0.478 e. The summed E-state index contributed by atoms with van der Waals surface area (Å²) in [5, 5.41) is 9.03. The van der Waals surface area contributed by atoms with E-state index >= 15 is 0 Å². The van der Waals surface area contributed by atoms with Crippen molar-refractivity contribution in [1.82, 2.24) is 0 Å². The van der Waals surface area contributed by atoms with E-state index in [1.807, 2.05) is 30.3 Å². The molecule has 0 spiro atoms. The average molecular weight is 336 g/mol. The Labute approximate surface area is 136 Å². The monoisotopic (exact) mass is 336 g/mol. The Morgan fingerprint density at radius 2 is 1.61 bits per heavy atom. The molecule has 0 radical (unpaired) electrons. The maximum absolute atomic E-state index is 12.1. The highest BCUT2D eigenvalue weighted by Crippen LogP contribution is 2.18. The van der Waals surface area contributed by atoms with Crippen LogP contribution < -0.4 is 0 Å². The molecule has 0 aliphatic carbocycles. The van der Waals surface area contributed by atoms with Gasteiger partial charge in [0.05, 0.1) is 12.2 Å². The summed E-state index contributed by atoms with van der Waals surface area (Å²) in [6.45, 7) is 0.00514. The Morgan fingerprint density at radius 1 is 1.00 bits per heavy atom. The van der Waals surface area contributed by atoms with Crippen LogP contribution in [0.25, 0.3) is 0 Å². The second-order valence-corrected chi connectivity index (χ2v) is 6.25. The molecule has 6 heteroatoms. The van der Waals surface area contributed by atoms with E-state index in [-0.39, 0.29) is 24.5 Å². The second-order valence-electron chi connectivity index (χ2n) is 4.67. The maximum Gasteiger partial charge on any atom is 0.337 e. The molecule has 1 N–H and O–H groups in total. The Bertz CT molecular complexity index is 739. The highest BCUT2D eigenvalue weighted by Gasteiger charge is 2.22. The number of carbonyl (C=O) groups is 1. The highest BCUT2D eigenvalue weighted by molar-refractivity contribution is 7.86. The number of benzene rings is 2. The summed E-state index contributed by atoms with van der Waals surface area (Å²) in [6, 6.07) is 15.0. The number of rotatable bonds is 7. The summed E-state index contributed by atoms with van der Waals surface area (Å²) in [4.78, 5) is 10.7. The van der Waals surface area contributed by atoms with Crippen molar-refractivity contribution in [3.8, 4) is 0 Å². The highest BCUT2D eigenvalue weighted by atomic mass is 32.2. The Kier molecular flexibility index (Phi) is 6.93. The topological polar surface area (TPSA) is 80.7 Å². The zero-order chi connectivity index (χ0) is 16.0. The molecule has 0 bridgehead atoms. The normalized spacial score (nSPS) is 10.8. The largest absolute Gasteiger partial charge is 0.478 e. The molecule has 23 heavy (non-hydrogen) atoms. The molecule has 0 amide bonds. The summed E-state index contributed by atoms with van der Waals surface area (Å²) in [5.74, 6) is -1.30. The molecule has 0 aromatic heterocycles. The molecule has 124 valence electrons. The molecular weight excluding hydrogens is 316 g/mol. The number of aromatic carboxylic acids is 1. The molecule has 0 saturated heterocycles. The standard InChI is InChI=1S/C16H16O5S.CH4/c17-16(18)14-10-4-5-11-15(14)22(19,20)21-12-6-9-13-7-2-1-3-8-13;/h1-5,7-8,10-11H,6,9,12H2,(H,17,18);1H4. The minimum absolute atomic E-state index is 0. The molecule has 0 unspecified atom stereocenters. The fraction of sp³-hybridized carbons (Fsp3) is 0.235. The van der Waals surface area contributed by atoms with E-state index in [4.69, 9.17) is 9.29 Å². The van der Waals surface area contributed by atoms with Gasteiger partial charge in [-0.1, -0.05) is 49.9 Å². The molecule has 2 aromatic rings. The third kappa shape index (κ3) is 5.19.